The number of carbonyl (C=O) groups excluding carboxylic acids is 2. The summed E-state index contributed by atoms with van der Waals surface area (Å²) in [4.78, 5) is 35.3. The molecule has 9 nitrogen and oxygen atoms in total. The Morgan fingerprint density at radius 1 is 1.50 bits per heavy atom. The fourth-order valence-corrected chi connectivity index (χ4v) is 1.66. The highest BCUT2D eigenvalue weighted by Crippen LogP contribution is 2.11. The van der Waals surface area contributed by atoms with Crippen molar-refractivity contribution >= 4 is 23.7 Å². The third-order valence-corrected chi connectivity index (χ3v) is 2.78. The smallest absolute Gasteiger partial charge is 0.348 e. The first kappa shape index (κ1) is 13.8. The standard InChI is InChI=1S/C11H14N4O5/c1-7(9(16)17)12-10(18)14-3-4-15(11(14)19)13-8-2-5-20-6-8/h2,5,7H,3-4,6H2,1H3,(H,12,18)(H,16,17)/t7-/m0/s1. The predicted molar refractivity (Wildman–Crippen MR) is 67.0 cm³/mol. The first-order valence-corrected chi connectivity index (χ1v) is 5.97. The zero-order valence-corrected chi connectivity index (χ0v) is 10.8. The molecule has 0 spiro atoms. The Morgan fingerprint density at radius 3 is 2.85 bits per heavy atom. The summed E-state index contributed by atoms with van der Waals surface area (Å²) in [5.41, 5.74) is 0.583. The van der Waals surface area contributed by atoms with E-state index in [1.54, 1.807) is 6.08 Å². The fraction of sp³-hybridized carbons (Fsp3) is 0.455. The van der Waals surface area contributed by atoms with Crippen molar-refractivity contribution in [2.75, 3.05) is 19.7 Å². The Morgan fingerprint density at radius 2 is 2.25 bits per heavy atom. The highest BCUT2D eigenvalue weighted by Gasteiger charge is 2.34. The van der Waals surface area contributed by atoms with E-state index in [2.05, 4.69) is 10.4 Å². The van der Waals surface area contributed by atoms with Gasteiger partial charge in [0.2, 0.25) is 0 Å². The number of hydrogen-bond acceptors (Lipinski definition) is 5. The van der Waals surface area contributed by atoms with E-state index in [0.717, 1.165) is 9.91 Å². The summed E-state index contributed by atoms with van der Waals surface area (Å²) in [5, 5.41) is 16.1. The molecule has 2 aliphatic heterocycles. The Balaban J connectivity index is 1.97. The molecule has 1 saturated heterocycles. The van der Waals surface area contributed by atoms with Gasteiger partial charge >= 0.3 is 18.0 Å². The zero-order valence-electron chi connectivity index (χ0n) is 10.8. The van der Waals surface area contributed by atoms with Crippen LogP contribution in [0.5, 0.6) is 0 Å². The monoisotopic (exact) mass is 282 g/mol. The Bertz CT molecular complexity index is 501. The molecule has 2 heterocycles. The highest BCUT2D eigenvalue weighted by atomic mass is 16.5. The number of carboxylic acid groups (broad SMARTS) is 1. The lowest BCUT2D eigenvalue weighted by atomic mass is 10.3. The number of aliphatic carboxylic acids is 1. The van der Waals surface area contributed by atoms with Crippen molar-refractivity contribution in [2.45, 2.75) is 13.0 Å². The van der Waals surface area contributed by atoms with Crippen LogP contribution in [0.3, 0.4) is 0 Å². The van der Waals surface area contributed by atoms with Crippen LogP contribution in [0.15, 0.2) is 17.4 Å². The van der Waals surface area contributed by atoms with Crippen LogP contribution in [0.25, 0.3) is 0 Å². The second kappa shape index (κ2) is 5.59. The lowest BCUT2D eigenvalue weighted by Gasteiger charge is -2.17. The molecule has 2 rings (SSSR count). The number of nitrogens with zero attached hydrogens (tertiary/aromatic N) is 3. The van der Waals surface area contributed by atoms with E-state index in [1.165, 1.54) is 13.2 Å². The van der Waals surface area contributed by atoms with Crippen LogP contribution in [-0.4, -0.2) is 64.5 Å². The van der Waals surface area contributed by atoms with Gasteiger partial charge < -0.3 is 15.2 Å². The zero-order chi connectivity index (χ0) is 14.7. The van der Waals surface area contributed by atoms with Crippen LogP contribution in [0.2, 0.25) is 0 Å². The van der Waals surface area contributed by atoms with Crippen molar-refractivity contribution in [1.82, 2.24) is 15.2 Å². The maximum atomic E-state index is 12.0. The van der Waals surface area contributed by atoms with E-state index in [1.807, 2.05) is 0 Å². The van der Waals surface area contributed by atoms with Crippen LogP contribution in [0, 0.1) is 0 Å². The van der Waals surface area contributed by atoms with Gasteiger partial charge in [-0.3, -0.25) is 4.79 Å². The fourth-order valence-electron chi connectivity index (χ4n) is 1.66. The molecule has 0 aliphatic carbocycles. The maximum absolute atomic E-state index is 12.0. The molecule has 0 unspecified atom stereocenters. The Labute approximate surface area is 114 Å². The van der Waals surface area contributed by atoms with Crippen molar-refractivity contribution in [2.24, 2.45) is 5.10 Å². The number of imide groups is 1. The van der Waals surface area contributed by atoms with Gasteiger partial charge in [0, 0.05) is 0 Å². The number of ether oxygens (including phenoxy) is 1. The molecule has 0 radical (unpaired) electrons. The molecule has 9 heteroatoms. The van der Waals surface area contributed by atoms with Gasteiger partial charge in [-0.2, -0.15) is 5.10 Å². The van der Waals surface area contributed by atoms with E-state index < -0.39 is 24.1 Å². The van der Waals surface area contributed by atoms with Gasteiger partial charge in [0.1, 0.15) is 18.4 Å². The highest BCUT2D eigenvalue weighted by molar-refractivity contribution is 6.00. The summed E-state index contributed by atoms with van der Waals surface area (Å²) >= 11 is 0. The largest absolute Gasteiger partial charge is 0.495 e. The second-order valence-corrected chi connectivity index (χ2v) is 4.27. The molecular weight excluding hydrogens is 268 g/mol. The van der Waals surface area contributed by atoms with Gasteiger partial charge in [0.25, 0.3) is 0 Å². The summed E-state index contributed by atoms with van der Waals surface area (Å²) in [6, 6.07) is -2.40. The quantitative estimate of drug-likeness (QED) is 0.745. The van der Waals surface area contributed by atoms with E-state index in [0.29, 0.717) is 5.71 Å². The Kier molecular flexibility index (Phi) is 3.87. The number of nitrogens with one attached hydrogen (secondary N) is 1. The minimum absolute atomic E-state index is 0.151. The molecule has 4 amide bonds. The molecule has 0 saturated carbocycles. The van der Waals surface area contributed by atoms with Crippen molar-refractivity contribution < 1.29 is 24.2 Å². The first-order valence-electron chi connectivity index (χ1n) is 5.97. The van der Waals surface area contributed by atoms with Gasteiger partial charge in [-0.05, 0) is 13.0 Å². The Hall–Kier alpha value is -2.58. The topological polar surface area (TPSA) is 112 Å². The van der Waals surface area contributed by atoms with Crippen molar-refractivity contribution in [1.29, 1.82) is 0 Å². The van der Waals surface area contributed by atoms with E-state index in [-0.39, 0.29) is 19.7 Å². The average Bonchev–Trinajstić information content (AvgIpc) is 3.01. The summed E-state index contributed by atoms with van der Waals surface area (Å²) in [6.07, 6.45) is 3.10. The summed E-state index contributed by atoms with van der Waals surface area (Å²) < 4.78 is 4.95. The first-order chi connectivity index (χ1) is 9.49. The van der Waals surface area contributed by atoms with E-state index in [9.17, 15) is 14.4 Å². The predicted octanol–water partition coefficient (Wildman–Crippen LogP) is -0.193. The van der Waals surface area contributed by atoms with Crippen LogP contribution in [0.4, 0.5) is 9.59 Å². The molecule has 0 aromatic rings. The van der Waals surface area contributed by atoms with Gasteiger partial charge in [-0.15, -0.1) is 0 Å². The third kappa shape index (κ3) is 2.87. The minimum atomic E-state index is -1.17. The number of urea groups is 2. The SMILES string of the molecule is C[C@H](NC(=O)N1CCN(N=C2C=COC2)C1=O)C(=O)O. The average molecular weight is 282 g/mol. The lowest BCUT2D eigenvalue weighted by molar-refractivity contribution is -0.138. The van der Waals surface area contributed by atoms with Crippen LogP contribution >= 0.6 is 0 Å². The molecule has 2 aliphatic rings. The maximum Gasteiger partial charge on any atom is 0.348 e. The van der Waals surface area contributed by atoms with Gasteiger partial charge in [0.15, 0.2) is 0 Å². The van der Waals surface area contributed by atoms with Crippen LogP contribution in [0.1, 0.15) is 6.92 Å². The summed E-state index contributed by atoms with van der Waals surface area (Å²) in [7, 11) is 0. The second-order valence-electron chi connectivity index (χ2n) is 4.27. The molecule has 0 aromatic carbocycles. The molecule has 1 atom stereocenters. The molecule has 108 valence electrons. The molecular formula is C11H14N4O5. The van der Waals surface area contributed by atoms with Gasteiger partial charge in [0.05, 0.1) is 19.4 Å². The molecule has 0 bridgehead atoms. The van der Waals surface area contributed by atoms with Crippen molar-refractivity contribution in [3.05, 3.63) is 12.3 Å². The van der Waals surface area contributed by atoms with Crippen LogP contribution in [-0.2, 0) is 9.53 Å². The number of hydrazone groups is 1. The summed E-state index contributed by atoms with van der Waals surface area (Å²) in [6.45, 7) is 2.01. The number of carbonyl (C=O) groups is 3. The van der Waals surface area contributed by atoms with E-state index in [4.69, 9.17) is 9.84 Å². The van der Waals surface area contributed by atoms with Gasteiger partial charge in [-0.1, -0.05) is 0 Å². The molecule has 2 N–H and O–H groups in total. The third-order valence-electron chi connectivity index (χ3n) is 2.78. The number of rotatable bonds is 3. The van der Waals surface area contributed by atoms with Crippen molar-refractivity contribution in [3.8, 4) is 0 Å². The van der Waals surface area contributed by atoms with Crippen LogP contribution < -0.4 is 5.32 Å². The lowest BCUT2D eigenvalue weighted by Crippen LogP contribution is -2.47. The normalized spacial score (nSPS) is 21.2. The molecule has 0 aromatic heterocycles. The van der Waals surface area contributed by atoms with E-state index >= 15 is 0 Å². The van der Waals surface area contributed by atoms with Gasteiger partial charge in [-0.25, -0.2) is 19.5 Å². The number of hydrogen-bond donors (Lipinski definition) is 2. The van der Waals surface area contributed by atoms with Crippen molar-refractivity contribution in [3.63, 3.8) is 0 Å². The minimum Gasteiger partial charge on any atom is -0.495 e. The number of amides is 4. The number of carboxylic acids is 1. The summed E-state index contributed by atoms with van der Waals surface area (Å²) in [5.74, 6) is -1.17. The molecule has 1 fully saturated rings. The molecule has 20 heavy (non-hydrogen) atoms.